The minimum Gasteiger partial charge on any atom is -0.300 e. The lowest BCUT2D eigenvalue weighted by molar-refractivity contribution is -0.117. The minimum atomic E-state index is -1.10. The molecule has 1 saturated carbocycles. The van der Waals surface area contributed by atoms with E-state index in [4.69, 9.17) is 0 Å². The zero-order valence-electron chi connectivity index (χ0n) is 9.18. The van der Waals surface area contributed by atoms with Crippen molar-refractivity contribution in [2.24, 2.45) is 5.92 Å². The van der Waals surface area contributed by atoms with Crippen molar-refractivity contribution in [3.8, 4) is 0 Å². The van der Waals surface area contributed by atoms with Crippen LogP contribution in [0, 0.1) is 5.92 Å². The Bertz CT molecular complexity index is 235. The van der Waals surface area contributed by atoms with Crippen molar-refractivity contribution < 1.29 is 4.79 Å². The molecule has 0 aromatic carbocycles. The summed E-state index contributed by atoms with van der Waals surface area (Å²) in [6.07, 6.45) is 5.04. The van der Waals surface area contributed by atoms with Gasteiger partial charge >= 0.3 is 0 Å². The molecule has 0 saturated heterocycles. The Hall–Kier alpha value is -0.373. The van der Waals surface area contributed by atoms with E-state index in [1.165, 1.54) is 0 Å². The van der Waals surface area contributed by atoms with E-state index in [0.29, 0.717) is 11.7 Å². The third-order valence-electron chi connectivity index (χ3n) is 2.95. The number of carbonyl (C=O) groups is 1. The average molecular weight is 196 g/mol. The van der Waals surface area contributed by atoms with Gasteiger partial charge in [0.1, 0.15) is 5.78 Å². The van der Waals surface area contributed by atoms with E-state index in [1.807, 2.05) is 0 Å². The lowest BCUT2D eigenvalue weighted by Crippen LogP contribution is -2.22. The molecule has 1 fully saturated rings. The topological polar surface area (TPSA) is 17.1 Å². The second-order valence-corrected chi connectivity index (χ2v) is 10.4. The van der Waals surface area contributed by atoms with Crippen LogP contribution in [0.5, 0.6) is 0 Å². The van der Waals surface area contributed by atoms with E-state index in [-0.39, 0.29) is 0 Å². The van der Waals surface area contributed by atoms with Crippen LogP contribution < -0.4 is 0 Å². The SMILES string of the molecule is C/C(=C\C1CCC(=O)C1)[Si](C)(C)C. The van der Waals surface area contributed by atoms with Crippen LogP contribution in [0.2, 0.25) is 19.6 Å². The summed E-state index contributed by atoms with van der Waals surface area (Å²) >= 11 is 0. The highest BCUT2D eigenvalue weighted by atomic mass is 28.3. The highest BCUT2D eigenvalue weighted by Gasteiger charge is 2.22. The lowest BCUT2D eigenvalue weighted by Gasteiger charge is -2.18. The van der Waals surface area contributed by atoms with E-state index in [9.17, 15) is 4.79 Å². The molecule has 2 heteroatoms. The van der Waals surface area contributed by atoms with Crippen molar-refractivity contribution in [3.05, 3.63) is 11.3 Å². The summed E-state index contributed by atoms with van der Waals surface area (Å²) in [6, 6.07) is 0. The monoisotopic (exact) mass is 196 g/mol. The highest BCUT2D eigenvalue weighted by molar-refractivity contribution is 6.82. The molecule has 1 aliphatic carbocycles. The van der Waals surface area contributed by atoms with E-state index in [0.717, 1.165) is 19.3 Å². The molecule has 0 radical (unpaired) electrons. The summed E-state index contributed by atoms with van der Waals surface area (Å²) in [5, 5.41) is 1.55. The van der Waals surface area contributed by atoms with Gasteiger partial charge < -0.3 is 0 Å². The van der Waals surface area contributed by atoms with Crippen LogP contribution >= 0.6 is 0 Å². The molecule has 74 valence electrons. The van der Waals surface area contributed by atoms with Gasteiger partial charge in [-0.1, -0.05) is 30.9 Å². The van der Waals surface area contributed by atoms with Crippen molar-refractivity contribution >= 4 is 13.9 Å². The maximum atomic E-state index is 11.1. The molecule has 0 heterocycles. The van der Waals surface area contributed by atoms with E-state index in [2.05, 4.69) is 32.6 Å². The van der Waals surface area contributed by atoms with E-state index in [1.54, 1.807) is 5.20 Å². The van der Waals surface area contributed by atoms with Gasteiger partial charge in [-0.15, -0.1) is 0 Å². The van der Waals surface area contributed by atoms with Crippen molar-refractivity contribution in [1.82, 2.24) is 0 Å². The van der Waals surface area contributed by atoms with Gasteiger partial charge in [-0.3, -0.25) is 4.79 Å². The van der Waals surface area contributed by atoms with Gasteiger partial charge in [-0.2, -0.15) is 0 Å². The summed E-state index contributed by atoms with van der Waals surface area (Å²) < 4.78 is 0. The van der Waals surface area contributed by atoms with Gasteiger partial charge in [0.15, 0.2) is 0 Å². The van der Waals surface area contributed by atoms with Crippen LogP contribution in [0.1, 0.15) is 26.2 Å². The van der Waals surface area contributed by atoms with Crippen LogP contribution in [-0.4, -0.2) is 13.9 Å². The molecule has 0 spiro atoms. The predicted octanol–water partition coefficient (Wildman–Crippen LogP) is 3.18. The molecule has 1 unspecified atom stereocenters. The number of hydrogen-bond donors (Lipinski definition) is 0. The Morgan fingerprint density at radius 1 is 1.46 bits per heavy atom. The quantitative estimate of drug-likeness (QED) is 0.620. The summed E-state index contributed by atoms with van der Waals surface area (Å²) in [6.45, 7) is 9.30. The standard InChI is InChI=1S/C11H20OSi/c1-9(13(2,3)4)7-10-5-6-11(12)8-10/h7,10H,5-6,8H2,1-4H3/b9-7+. The Kier molecular flexibility index (Phi) is 3.12. The zero-order chi connectivity index (χ0) is 10.1. The van der Waals surface area contributed by atoms with Crippen LogP contribution in [0.3, 0.4) is 0 Å². The van der Waals surface area contributed by atoms with Gasteiger partial charge in [-0.25, -0.2) is 0 Å². The number of ketones is 1. The minimum absolute atomic E-state index is 0.449. The molecule has 0 aromatic rings. The number of rotatable bonds is 2. The second-order valence-electron chi connectivity index (χ2n) is 5.14. The molecule has 0 bridgehead atoms. The molecule has 0 aliphatic heterocycles. The van der Waals surface area contributed by atoms with Crippen LogP contribution in [0.25, 0.3) is 0 Å². The lowest BCUT2D eigenvalue weighted by atomic mass is 10.1. The summed E-state index contributed by atoms with van der Waals surface area (Å²) in [4.78, 5) is 11.1. The van der Waals surface area contributed by atoms with Crippen molar-refractivity contribution in [2.75, 3.05) is 0 Å². The van der Waals surface area contributed by atoms with Gasteiger partial charge in [0.2, 0.25) is 0 Å². The third-order valence-corrected chi connectivity index (χ3v) is 5.49. The number of Topliss-reactive ketones (excluding diaryl/α,β-unsaturated/α-hetero) is 1. The number of hydrogen-bond acceptors (Lipinski definition) is 1. The van der Waals surface area contributed by atoms with Crippen molar-refractivity contribution in [2.45, 2.75) is 45.8 Å². The Balaban J connectivity index is 2.61. The molecule has 1 nitrogen and oxygen atoms in total. The molecule has 1 aliphatic rings. The van der Waals surface area contributed by atoms with Gasteiger partial charge in [0, 0.05) is 12.8 Å². The van der Waals surface area contributed by atoms with Crippen LogP contribution in [0.15, 0.2) is 11.3 Å². The maximum Gasteiger partial charge on any atom is 0.133 e. The van der Waals surface area contributed by atoms with Crippen molar-refractivity contribution in [3.63, 3.8) is 0 Å². The summed E-state index contributed by atoms with van der Waals surface area (Å²) in [5.41, 5.74) is 0. The molecular formula is C11H20OSi. The maximum absolute atomic E-state index is 11.1. The smallest absolute Gasteiger partial charge is 0.133 e. The molecule has 1 atom stereocenters. The van der Waals surface area contributed by atoms with Crippen LogP contribution in [-0.2, 0) is 4.79 Å². The molecule has 1 rings (SSSR count). The number of carbonyl (C=O) groups excluding carboxylic acids is 1. The molecule has 13 heavy (non-hydrogen) atoms. The first-order valence-electron chi connectivity index (χ1n) is 5.10. The van der Waals surface area contributed by atoms with Gasteiger partial charge in [0.05, 0.1) is 8.07 Å². The normalized spacial score (nSPS) is 25.4. The average Bonchev–Trinajstić information content (AvgIpc) is 2.33. The summed E-state index contributed by atoms with van der Waals surface area (Å²) in [7, 11) is -1.10. The number of allylic oxidation sites excluding steroid dienone is 2. The molecule has 0 amide bonds. The zero-order valence-corrected chi connectivity index (χ0v) is 10.2. The first kappa shape index (κ1) is 10.7. The second kappa shape index (κ2) is 3.78. The Labute approximate surface area is 82.2 Å². The van der Waals surface area contributed by atoms with Gasteiger partial charge in [-0.05, 0) is 19.3 Å². The predicted molar refractivity (Wildman–Crippen MR) is 59.5 cm³/mol. The Morgan fingerprint density at radius 3 is 2.46 bits per heavy atom. The fourth-order valence-electron chi connectivity index (χ4n) is 1.59. The highest BCUT2D eigenvalue weighted by Crippen LogP contribution is 2.26. The van der Waals surface area contributed by atoms with Gasteiger partial charge in [0.25, 0.3) is 0 Å². The first-order valence-corrected chi connectivity index (χ1v) is 8.60. The van der Waals surface area contributed by atoms with E-state index < -0.39 is 8.07 Å². The molecule has 0 aromatic heterocycles. The van der Waals surface area contributed by atoms with E-state index >= 15 is 0 Å². The Morgan fingerprint density at radius 2 is 2.08 bits per heavy atom. The summed E-state index contributed by atoms with van der Waals surface area (Å²) in [5.74, 6) is 1.00. The largest absolute Gasteiger partial charge is 0.300 e. The fraction of sp³-hybridized carbons (Fsp3) is 0.727. The van der Waals surface area contributed by atoms with Crippen LogP contribution in [0.4, 0.5) is 0 Å². The molecular weight excluding hydrogens is 176 g/mol. The van der Waals surface area contributed by atoms with Crippen molar-refractivity contribution in [1.29, 1.82) is 0 Å². The molecule has 0 N–H and O–H groups in total. The third kappa shape index (κ3) is 3.11. The fourth-order valence-corrected chi connectivity index (χ4v) is 2.32. The first-order chi connectivity index (χ1) is 5.89.